The molecule has 3 aromatic carbocycles. The molecule has 0 aliphatic carbocycles. The second-order valence-corrected chi connectivity index (χ2v) is 9.01. The summed E-state index contributed by atoms with van der Waals surface area (Å²) >= 11 is 0. The van der Waals surface area contributed by atoms with Crippen LogP contribution >= 0.6 is 0 Å². The highest BCUT2D eigenvalue weighted by Gasteiger charge is 2.33. The summed E-state index contributed by atoms with van der Waals surface area (Å²) in [5, 5.41) is 2.70. The Hall–Kier alpha value is -3.43. The van der Waals surface area contributed by atoms with Crippen LogP contribution in [0.5, 0.6) is 0 Å². The topological polar surface area (TPSA) is 66.5 Å². The molecule has 0 aromatic heterocycles. The molecule has 9 heteroatoms. The van der Waals surface area contributed by atoms with E-state index in [4.69, 9.17) is 0 Å². The summed E-state index contributed by atoms with van der Waals surface area (Å²) in [6.07, 6.45) is -3.44. The van der Waals surface area contributed by atoms with Crippen LogP contribution < -0.4 is 5.32 Å². The highest BCUT2D eigenvalue weighted by atomic mass is 32.2. The summed E-state index contributed by atoms with van der Waals surface area (Å²) in [4.78, 5) is 12.2. The number of nitrogens with one attached hydrogen (secondary N) is 1. The monoisotopic (exact) mass is 474 g/mol. The molecule has 0 saturated heterocycles. The Morgan fingerprint density at radius 1 is 0.970 bits per heavy atom. The minimum Gasteiger partial charge on any atom is -0.324 e. The first-order chi connectivity index (χ1) is 15.6. The van der Waals surface area contributed by atoms with Gasteiger partial charge in [-0.05, 0) is 29.8 Å². The van der Waals surface area contributed by atoms with Gasteiger partial charge in [-0.15, -0.1) is 6.58 Å². The molecule has 0 bridgehead atoms. The SMILES string of the molecule is C=CCN(CC(=O)Nc1ccccc1-c1ccccc1)S(=O)(=O)c1cccc(C(F)(F)F)c1. The summed E-state index contributed by atoms with van der Waals surface area (Å²) < 4.78 is 65.9. The normalized spacial score (nSPS) is 11.9. The third kappa shape index (κ3) is 5.88. The van der Waals surface area contributed by atoms with Crippen LogP contribution in [0.3, 0.4) is 0 Å². The van der Waals surface area contributed by atoms with Gasteiger partial charge < -0.3 is 5.32 Å². The van der Waals surface area contributed by atoms with Crippen LogP contribution in [0.25, 0.3) is 11.1 Å². The molecule has 3 aromatic rings. The molecule has 0 aliphatic rings. The number of halogens is 3. The summed E-state index contributed by atoms with van der Waals surface area (Å²) in [6, 6.07) is 19.7. The Kier molecular flexibility index (Phi) is 7.35. The molecule has 0 atom stereocenters. The van der Waals surface area contributed by atoms with E-state index >= 15 is 0 Å². The second-order valence-electron chi connectivity index (χ2n) is 7.07. The molecule has 0 saturated carbocycles. The summed E-state index contributed by atoms with van der Waals surface area (Å²) in [6.45, 7) is 2.63. The van der Waals surface area contributed by atoms with Gasteiger partial charge in [0, 0.05) is 17.8 Å². The minimum absolute atomic E-state index is 0.258. The third-order valence-corrected chi connectivity index (χ3v) is 6.55. The standard InChI is InChI=1S/C24H21F3N2O3S/c1-2-15-29(33(31,32)20-12-8-11-19(16-20)24(25,26)27)17-23(30)28-22-14-7-6-13-21(22)18-9-4-3-5-10-18/h2-14,16H,1,15,17H2,(H,28,30). The van der Waals surface area contributed by atoms with E-state index in [0.717, 1.165) is 33.6 Å². The molecule has 1 N–H and O–H groups in total. The van der Waals surface area contributed by atoms with Crippen molar-refractivity contribution in [3.63, 3.8) is 0 Å². The molecule has 1 amide bonds. The number of benzene rings is 3. The van der Waals surface area contributed by atoms with Crippen molar-refractivity contribution < 1.29 is 26.4 Å². The van der Waals surface area contributed by atoms with Crippen LogP contribution in [0.15, 0.2) is 96.4 Å². The average molecular weight is 475 g/mol. The summed E-state index contributed by atoms with van der Waals surface area (Å²) in [5.41, 5.74) is 0.975. The van der Waals surface area contributed by atoms with E-state index in [2.05, 4.69) is 11.9 Å². The zero-order valence-electron chi connectivity index (χ0n) is 17.4. The lowest BCUT2D eigenvalue weighted by molar-refractivity contribution is -0.137. The maximum Gasteiger partial charge on any atom is 0.416 e. The Morgan fingerprint density at radius 3 is 2.30 bits per heavy atom. The van der Waals surface area contributed by atoms with E-state index in [1.807, 2.05) is 36.4 Å². The molecule has 0 aliphatic heterocycles. The van der Waals surface area contributed by atoms with Gasteiger partial charge in [-0.25, -0.2) is 8.42 Å². The van der Waals surface area contributed by atoms with E-state index in [1.54, 1.807) is 18.2 Å². The number of hydrogen-bond acceptors (Lipinski definition) is 3. The van der Waals surface area contributed by atoms with E-state index in [0.29, 0.717) is 11.8 Å². The largest absolute Gasteiger partial charge is 0.416 e. The van der Waals surface area contributed by atoms with Crippen LogP contribution in [0, 0.1) is 0 Å². The number of hydrogen-bond donors (Lipinski definition) is 1. The lowest BCUT2D eigenvalue weighted by Crippen LogP contribution is -2.38. The number of amides is 1. The van der Waals surface area contributed by atoms with Crippen molar-refractivity contribution in [3.8, 4) is 11.1 Å². The van der Waals surface area contributed by atoms with Gasteiger partial charge in [-0.2, -0.15) is 17.5 Å². The molecule has 0 spiro atoms. The molecule has 0 radical (unpaired) electrons. The number of alkyl halides is 3. The average Bonchev–Trinajstić information content (AvgIpc) is 2.79. The Labute approximate surface area is 190 Å². The van der Waals surface area contributed by atoms with Crippen LogP contribution in [-0.4, -0.2) is 31.7 Å². The number of rotatable bonds is 8. The summed E-state index contributed by atoms with van der Waals surface area (Å²) in [5.74, 6) is -0.643. The van der Waals surface area contributed by atoms with Crippen molar-refractivity contribution >= 4 is 21.6 Å². The van der Waals surface area contributed by atoms with Gasteiger partial charge in [0.05, 0.1) is 17.0 Å². The van der Waals surface area contributed by atoms with Crippen LogP contribution in [-0.2, 0) is 21.0 Å². The molecular formula is C24H21F3N2O3S. The zero-order valence-corrected chi connectivity index (χ0v) is 18.2. The maximum absolute atomic E-state index is 13.0. The molecule has 0 heterocycles. The van der Waals surface area contributed by atoms with Crippen molar-refractivity contribution in [2.45, 2.75) is 11.1 Å². The molecule has 0 fully saturated rings. The van der Waals surface area contributed by atoms with Gasteiger partial charge in [0.2, 0.25) is 15.9 Å². The Bertz CT molecular complexity index is 1240. The lowest BCUT2D eigenvalue weighted by Gasteiger charge is -2.21. The number of para-hydroxylation sites is 1. The second kappa shape index (κ2) is 10.0. The van der Waals surface area contributed by atoms with Crippen LogP contribution in [0.4, 0.5) is 18.9 Å². The lowest BCUT2D eigenvalue weighted by atomic mass is 10.0. The number of anilines is 1. The highest BCUT2D eigenvalue weighted by molar-refractivity contribution is 7.89. The smallest absolute Gasteiger partial charge is 0.324 e. The number of carbonyl (C=O) groups excluding carboxylic acids is 1. The number of sulfonamides is 1. The Morgan fingerprint density at radius 2 is 1.64 bits per heavy atom. The first kappa shape index (κ1) is 24.2. The van der Waals surface area contributed by atoms with Crippen molar-refractivity contribution in [1.29, 1.82) is 0 Å². The third-order valence-electron chi connectivity index (χ3n) is 4.74. The molecule has 0 unspecified atom stereocenters. The number of carbonyl (C=O) groups is 1. The van der Waals surface area contributed by atoms with Gasteiger partial charge in [0.1, 0.15) is 0 Å². The fourth-order valence-electron chi connectivity index (χ4n) is 3.19. The number of nitrogens with zero attached hydrogens (tertiary/aromatic N) is 1. The van der Waals surface area contributed by atoms with Crippen molar-refractivity contribution in [1.82, 2.24) is 4.31 Å². The van der Waals surface area contributed by atoms with Crippen molar-refractivity contribution in [2.24, 2.45) is 0 Å². The van der Waals surface area contributed by atoms with E-state index in [-0.39, 0.29) is 6.54 Å². The van der Waals surface area contributed by atoms with Crippen molar-refractivity contribution in [2.75, 3.05) is 18.4 Å². The van der Waals surface area contributed by atoms with Gasteiger partial charge >= 0.3 is 6.18 Å². The quantitative estimate of drug-likeness (QED) is 0.457. The zero-order chi connectivity index (χ0) is 24.1. The maximum atomic E-state index is 13.0. The van der Waals surface area contributed by atoms with Crippen LogP contribution in [0.2, 0.25) is 0 Å². The first-order valence-corrected chi connectivity index (χ1v) is 11.3. The van der Waals surface area contributed by atoms with Gasteiger partial charge in [-0.3, -0.25) is 4.79 Å². The van der Waals surface area contributed by atoms with Gasteiger partial charge in [0.15, 0.2) is 0 Å². The predicted octanol–water partition coefficient (Wildman–Crippen LogP) is 5.19. The van der Waals surface area contributed by atoms with Crippen LogP contribution in [0.1, 0.15) is 5.56 Å². The molecular weight excluding hydrogens is 453 g/mol. The Balaban J connectivity index is 1.85. The first-order valence-electron chi connectivity index (χ1n) is 9.85. The predicted molar refractivity (Wildman–Crippen MR) is 121 cm³/mol. The fraction of sp³-hybridized carbons (Fsp3) is 0.125. The van der Waals surface area contributed by atoms with E-state index < -0.39 is 39.1 Å². The molecule has 172 valence electrons. The fourth-order valence-corrected chi connectivity index (χ4v) is 4.60. The van der Waals surface area contributed by atoms with Crippen molar-refractivity contribution in [3.05, 3.63) is 97.1 Å². The van der Waals surface area contributed by atoms with Gasteiger partial charge in [0.25, 0.3) is 0 Å². The highest BCUT2D eigenvalue weighted by Crippen LogP contribution is 2.31. The minimum atomic E-state index is -4.70. The molecule has 3 rings (SSSR count). The molecule has 33 heavy (non-hydrogen) atoms. The molecule has 5 nitrogen and oxygen atoms in total. The van der Waals surface area contributed by atoms with E-state index in [1.165, 1.54) is 6.08 Å². The van der Waals surface area contributed by atoms with E-state index in [9.17, 15) is 26.4 Å². The van der Waals surface area contributed by atoms with Gasteiger partial charge in [-0.1, -0.05) is 60.7 Å². The summed E-state index contributed by atoms with van der Waals surface area (Å²) in [7, 11) is -4.39.